The number of unbranched alkanes of at least 4 members (excludes halogenated alkanes) is 13. The molecule has 0 radical (unpaired) electrons. The van der Waals surface area contributed by atoms with Crippen LogP contribution in [0.1, 0.15) is 89.9 Å². The van der Waals surface area contributed by atoms with Gasteiger partial charge in [-0.3, -0.25) is 0 Å². The Bertz CT molecular complexity index is 114. The molecule has 0 fully saturated rings. The Hall–Kier alpha value is 1.35. The summed E-state index contributed by atoms with van der Waals surface area (Å²) < 4.78 is 0. The number of rotatable bonds is 14. The van der Waals surface area contributed by atoms with E-state index < -0.39 is 0 Å². The average molecular weight is 280 g/mol. The van der Waals surface area contributed by atoms with Gasteiger partial charge in [0.25, 0.3) is 0 Å². The van der Waals surface area contributed by atoms with Crippen molar-refractivity contribution in [1.29, 1.82) is 0 Å². The second kappa shape index (κ2) is 20.7. The van der Waals surface area contributed by atoms with Gasteiger partial charge in [-0.1, -0.05) is 77.0 Å². The molecule has 0 aromatic carbocycles. The van der Waals surface area contributed by atoms with Crippen LogP contribution in [0.2, 0.25) is 0 Å². The van der Waals surface area contributed by atoms with E-state index in [4.69, 9.17) is 0 Å². The standard InChI is InChI=1S/C16H33S.Na/c1-2-3-4-5-6-7-8-9-10-11-12-13-14-15-16-17;/h17H,1-16H2;/q-1;+1. The van der Waals surface area contributed by atoms with Gasteiger partial charge in [0.05, 0.1) is 0 Å². The normalized spacial score (nSPS) is 10.3. The summed E-state index contributed by atoms with van der Waals surface area (Å²) in [6.45, 7) is 3.88. The Morgan fingerprint density at radius 1 is 0.500 bits per heavy atom. The first-order chi connectivity index (χ1) is 8.41. The van der Waals surface area contributed by atoms with Crippen molar-refractivity contribution in [2.75, 3.05) is 5.75 Å². The van der Waals surface area contributed by atoms with Gasteiger partial charge in [0.2, 0.25) is 0 Å². The summed E-state index contributed by atoms with van der Waals surface area (Å²) in [5.41, 5.74) is 0. The van der Waals surface area contributed by atoms with Crippen molar-refractivity contribution < 1.29 is 29.6 Å². The van der Waals surface area contributed by atoms with Crippen molar-refractivity contribution in [1.82, 2.24) is 0 Å². The zero-order valence-electron chi connectivity index (χ0n) is 12.8. The van der Waals surface area contributed by atoms with Crippen molar-refractivity contribution in [3.8, 4) is 0 Å². The molecule has 0 heterocycles. The van der Waals surface area contributed by atoms with Crippen LogP contribution >= 0.6 is 12.6 Å². The number of hydrogen-bond donors (Lipinski definition) is 1. The van der Waals surface area contributed by atoms with E-state index in [0.29, 0.717) is 0 Å². The third kappa shape index (κ3) is 19.7. The van der Waals surface area contributed by atoms with Crippen molar-refractivity contribution in [2.24, 2.45) is 0 Å². The summed E-state index contributed by atoms with van der Waals surface area (Å²) in [6, 6.07) is 0. The second-order valence-corrected chi connectivity index (χ2v) is 5.62. The molecule has 0 amide bonds. The SMILES string of the molecule is [CH2-]CCCCCCCCCCCCCCCS.[Na+]. The van der Waals surface area contributed by atoms with Gasteiger partial charge in [-0.05, 0) is 12.2 Å². The Morgan fingerprint density at radius 3 is 1.06 bits per heavy atom. The minimum atomic E-state index is 0. The van der Waals surface area contributed by atoms with Crippen LogP contribution in [0.25, 0.3) is 0 Å². The monoisotopic (exact) mass is 280 g/mol. The van der Waals surface area contributed by atoms with Crippen LogP contribution in [0.15, 0.2) is 0 Å². The second-order valence-electron chi connectivity index (χ2n) is 5.17. The van der Waals surface area contributed by atoms with Crippen molar-refractivity contribution in [3.05, 3.63) is 6.92 Å². The molecule has 0 saturated heterocycles. The Kier molecular flexibility index (Phi) is 24.8. The van der Waals surface area contributed by atoms with Gasteiger partial charge in [0.1, 0.15) is 0 Å². The van der Waals surface area contributed by atoms with Crippen LogP contribution in [0.4, 0.5) is 0 Å². The fraction of sp³-hybridized carbons (Fsp3) is 0.938. The Morgan fingerprint density at radius 2 is 0.778 bits per heavy atom. The van der Waals surface area contributed by atoms with Gasteiger partial charge < -0.3 is 6.92 Å². The zero-order valence-corrected chi connectivity index (χ0v) is 15.7. The molecule has 104 valence electrons. The molecule has 0 spiro atoms. The fourth-order valence-electron chi connectivity index (χ4n) is 2.23. The summed E-state index contributed by atoms with van der Waals surface area (Å²) in [5.74, 6) is 1.06. The maximum absolute atomic E-state index is 4.23. The van der Waals surface area contributed by atoms with Crippen LogP contribution in [0.5, 0.6) is 0 Å². The number of thiol groups is 1. The Balaban J connectivity index is 0. The summed E-state index contributed by atoms with van der Waals surface area (Å²) in [7, 11) is 0. The van der Waals surface area contributed by atoms with Crippen molar-refractivity contribution in [2.45, 2.75) is 89.9 Å². The predicted octanol–water partition coefficient (Wildman–Crippen LogP) is 3.22. The largest absolute Gasteiger partial charge is 1.00 e. The molecule has 2 heteroatoms. The van der Waals surface area contributed by atoms with Crippen LogP contribution in [0, 0.1) is 6.92 Å². The van der Waals surface area contributed by atoms with Crippen molar-refractivity contribution in [3.63, 3.8) is 0 Å². The third-order valence-corrected chi connectivity index (χ3v) is 3.72. The van der Waals surface area contributed by atoms with E-state index in [1.54, 1.807) is 0 Å². The molecular formula is C16H33NaS. The number of hydrogen-bond acceptors (Lipinski definition) is 1. The first-order valence-electron chi connectivity index (χ1n) is 7.82. The molecule has 0 saturated carbocycles. The fourth-order valence-corrected chi connectivity index (χ4v) is 2.46. The topological polar surface area (TPSA) is 0 Å². The zero-order chi connectivity index (χ0) is 12.6. The minimum absolute atomic E-state index is 0. The van der Waals surface area contributed by atoms with Crippen LogP contribution in [-0.4, -0.2) is 5.75 Å². The van der Waals surface area contributed by atoms with Crippen molar-refractivity contribution >= 4 is 12.6 Å². The van der Waals surface area contributed by atoms with Crippen LogP contribution in [-0.2, 0) is 0 Å². The molecular weight excluding hydrogens is 247 g/mol. The van der Waals surface area contributed by atoms with E-state index in [-0.39, 0.29) is 29.6 Å². The third-order valence-electron chi connectivity index (χ3n) is 3.41. The van der Waals surface area contributed by atoms with E-state index in [2.05, 4.69) is 19.6 Å². The molecule has 0 nitrogen and oxygen atoms in total. The Labute approximate surface area is 144 Å². The van der Waals surface area contributed by atoms with Gasteiger partial charge in [-0.15, -0.1) is 0 Å². The molecule has 0 aliphatic rings. The molecule has 0 atom stereocenters. The molecule has 0 aromatic heterocycles. The van der Waals surface area contributed by atoms with Gasteiger partial charge in [-0.2, -0.15) is 19.0 Å². The summed E-state index contributed by atoms with van der Waals surface area (Å²) in [4.78, 5) is 0. The molecule has 18 heavy (non-hydrogen) atoms. The van der Waals surface area contributed by atoms with Gasteiger partial charge >= 0.3 is 29.6 Å². The summed E-state index contributed by atoms with van der Waals surface area (Å²) in [6.07, 6.45) is 19.6. The van der Waals surface area contributed by atoms with E-state index in [1.165, 1.54) is 83.5 Å². The van der Waals surface area contributed by atoms with Crippen LogP contribution in [0.3, 0.4) is 0 Å². The first-order valence-corrected chi connectivity index (χ1v) is 8.45. The van der Waals surface area contributed by atoms with Gasteiger partial charge in [0, 0.05) is 0 Å². The summed E-state index contributed by atoms with van der Waals surface area (Å²) in [5, 5.41) is 0. The smallest absolute Gasteiger partial charge is 0.343 e. The molecule has 0 unspecified atom stereocenters. The van der Waals surface area contributed by atoms with Gasteiger partial charge in [-0.25, -0.2) is 0 Å². The molecule has 0 aliphatic heterocycles. The van der Waals surface area contributed by atoms with Gasteiger partial charge in [0.15, 0.2) is 0 Å². The molecule has 0 aromatic rings. The summed E-state index contributed by atoms with van der Waals surface area (Å²) >= 11 is 4.23. The van der Waals surface area contributed by atoms with E-state index in [1.807, 2.05) is 0 Å². The average Bonchev–Trinajstić information content (AvgIpc) is 2.35. The molecule has 0 N–H and O–H groups in total. The van der Waals surface area contributed by atoms with Crippen LogP contribution < -0.4 is 29.6 Å². The minimum Gasteiger partial charge on any atom is -0.343 e. The molecule has 0 bridgehead atoms. The quantitative estimate of drug-likeness (QED) is 0.215. The van der Waals surface area contributed by atoms with E-state index in [0.717, 1.165) is 12.2 Å². The maximum Gasteiger partial charge on any atom is 1.00 e. The first kappa shape index (κ1) is 21.6. The molecule has 0 aliphatic carbocycles. The predicted molar refractivity (Wildman–Crippen MR) is 83.8 cm³/mol. The van der Waals surface area contributed by atoms with E-state index >= 15 is 0 Å². The van der Waals surface area contributed by atoms with E-state index in [9.17, 15) is 0 Å². The maximum atomic E-state index is 4.23. The molecule has 0 rings (SSSR count).